The first-order chi connectivity index (χ1) is 13.4. The molecule has 1 N–H and O–H groups in total. The molecule has 28 heavy (non-hydrogen) atoms. The van der Waals surface area contributed by atoms with Crippen LogP contribution in [-0.2, 0) is 9.53 Å². The van der Waals surface area contributed by atoms with Crippen LogP contribution in [0.3, 0.4) is 0 Å². The zero-order chi connectivity index (χ0) is 20.3. The summed E-state index contributed by atoms with van der Waals surface area (Å²) in [4.78, 5) is 27.0. The van der Waals surface area contributed by atoms with Crippen LogP contribution >= 0.6 is 39.1 Å². The molecule has 148 valence electrons. The molecular weight excluding hydrogens is 467 g/mol. The number of nitrogens with one attached hydrogen (secondary N) is 1. The fourth-order valence-corrected chi connectivity index (χ4v) is 3.67. The number of benzene rings is 2. The van der Waals surface area contributed by atoms with E-state index < -0.39 is 11.9 Å². The number of amides is 2. The van der Waals surface area contributed by atoms with Crippen LogP contribution < -0.4 is 5.32 Å². The smallest absolute Gasteiger partial charge is 0.253 e. The molecule has 1 aliphatic heterocycles. The molecular formula is C20H19BrCl2N2O3. The van der Waals surface area contributed by atoms with Crippen LogP contribution in [0.4, 0.5) is 0 Å². The highest BCUT2D eigenvalue weighted by molar-refractivity contribution is 9.10. The Hall–Kier alpha value is -1.60. The molecule has 2 unspecified atom stereocenters. The van der Waals surface area contributed by atoms with Gasteiger partial charge >= 0.3 is 0 Å². The minimum absolute atomic E-state index is 0.169. The largest absolute Gasteiger partial charge is 0.370 e. The van der Waals surface area contributed by atoms with Crippen molar-refractivity contribution < 1.29 is 14.3 Å². The number of halogens is 3. The van der Waals surface area contributed by atoms with Crippen LogP contribution in [0.25, 0.3) is 0 Å². The van der Waals surface area contributed by atoms with E-state index in [0.717, 1.165) is 10.0 Å². The van der Waals surface area contributed by atoms with Gasteiger partial charge in [-0.2, -0.15) is 0 Å². The molecule has 0 aromatic heterocycles. The average Bonchev–Trinajstić information content (AvgIpc) is 2.70. The monoisotopic (exact) mass is 484 g/mol. The standard InChI is InChI=1S/C20H19BrCl2N2O3/c1-12(24-19(26)15-3-2-4-16(22)18(15)23)20(27)25-9-10-28-17(11-25)13-5-7-14(21)8-6-13/h2-8,12,17H,9-11H2,1H3,(H,24,26). The predicted molar refractivity (Wildman–Crippen MR) is 113 cm³/mol. The number of morpholine rings is 1. The summed E-state index contributed by atoms with van der Waals surface area (Å²) < 4.78 is 6.80. The Morgan fingerprint density at radius 2 is 1.93 bits per heavy atom. The molecule has 3 rings (SSSR count). The summed E-state index contributed by atoms with van der Waals surface area (Å²) in [6.07, 6.45) is -0.198. The number of carbonyl (C=O) groups is 2. The Balaban J connectivity index is 1.64. The molecule has 0 aliphatic carbocycles. The molecule has 1 aliphatic rings. The van der Waals surface area contributed by atoms with Crippen molar-refractivity contribution in [3.8, 4) is 0 Å². The van der Waals surface area contributed by atoms with E-state index in [-0.39, 0.29) is 22.6 Å². The van der Waals surface area contributed by atoms with E-state index in [0.29, 0.717) is 24.7 Å². The zero-order valence-corrected chi connectivity index (χ0v) is 18.2. The first kappa shape index (κ1) is 21.1. The highest BCUT2D eigenvalue weighted by Gasteiger charge is 2.29. The quantitative estimate of drug-likeness (QED) is 0.694. The van der Waals surface area contributed by atoms with E-state index in [2.05, 4.69) is 21.2 Å². The summed E-state index contributed by atoms with van der Waals surface area (Å²) in [7, 11) is 0. The van der Waals surface area contributed by atoms with Crippen molar-refractivity contribution >= 4 is 50.9 Å². The molecule has 0 saturated carbocycles. The second-order valence-electron chi connectivity index (χ2n) is 6.49. The van der Waals surface area contributed by atoms with Crippen molar-refractivity contribution in [1.29, 1.82) is 0 Å². The van der Waals surface area contributed by atoms with E-state index in [4.69, 9.17) is 27.9 Å². The van der Waals surface area contributed by atoms with Gasteiger partial charge in [0.1, 0.15) is 12.1 Å². The molecule has 1 fully saturated rings. The molecule has 2 aromatic carbocycles. The maximum atomic E-state index is 12.8. The lowest BCUT2D eigenvalue weighted by molar-refractivity contribution is -0.140. The van der Waals surface area contributed by atoms with Gasteiger partial charge in [0.05, 0.1) is 28.8 Å². The number of carbonyl (C=O) groups excluding carboxylic acids is 2. The van der Waals surface area contributed by atoms with Crippen molar-refractivity contribution in [2.45, 2.75) is 19.1 Å². The van der Waals surface area contributed by atoms with Gasteiger partial charge in [0.15, 0.2) is 0 Å². The molecule has 2 atom stereocenters. The van der Waals surface area contributed by atoms with Crippen molar-refractivity contribution in [1.82, 2.24) is 10.2 Å². The fraction of sp³-hybridized carbons (Fsp3) is 0.300. The van der Waals surface area contributed by atoms with E-state index >= 15 is 0 Å². The molecule has 1 saturated heterocycles. The summed E-state index contributed by atoms with van der Waals surface area (Å²) in [5.41, 5.74) is 1.24. The summed E-state index contributed by atoms with van der Waals surface area (Å²) in [5, 5.41) is 3.16. The Morgan fingerprint density at radius 1 is 1.21 bits per heavy atom. The predicted octanol–water partition coefficient (Wildman–Crippen LogP) is 4.47. The first-order valence-electron chi connectivity index (χ1n) is 8.77. The molecule has 0 spiro atoms. The maximum absolute atomic E-state index is 12.8. The first-order valence-corrected chi connectivity index (χ1v) is 10.3. The molecule has 0 radical (unpaired) electrons. The zero-order valence-electron chi connectivity index (χ0n) is 15.1. The van der Waals surface area contributed by atoms with Crippen molar-refractivity contribution in [2.24, 2.45) is 0 Å². The Kier molecular flexibility index (Phi) is 6.99. The van der Waals surface area contributed by atoms with Crippen LogP contribution in [0.5, 0.6) is 0 Å². The van der Waals surface area contributed by atoms with Gasteiger partial charge in [-0.1, -0.05) is 57.3 Å². The lowest BCUT2D eigenvalue weighted by Crippen LogP contribution is -2.51. The SMILES string of the molecule is CC(NC(=O)c1cccc(Cl)c1Cl)C(=O)N1CCOC(c2ccc(Br)cc2)C1. The van der Waals surface area contributed by atoms with E-state index in [1.165, 1.54) is 0 Å². The summed E-state index contributed by atoms with van der Waals surface area (Å²) in [5.74, 6) is -0.608. The third-order valence-electron chi connectivity index (χ3n) is 4.53. The van der Waals surface area contributed by atoms with Gasteiger partial charge < -0.3 is 15.0 Å². The highest BCUT2D eigenvalue weighted by atomic mass is 79.9. The number of hydrogen-bond donors (Lipinski definition) is 1. The van der Waals surface area contributed by atoms with Gasteiger partial charge in [-0.25, -0.2) is 0 Å². The summed E-state index contributed by atoms with van der Waals surface area (Å²) in [6.45, 7) is 3.00. The fourth-order valence-electron chi connectivity index (χ4n) is 3.02. The van der Waals surface area contributed by atoms with Crippen LogP contribution in [-0.4, -0.2) is 42.5 Å². The number of hydrogen-bond acceptors (Lipinski definition) is 3. The number of nitrogens with zero attached hydrogens (tertiary/aromatic N) is 1. The number of ether oxygens (including phenoxy) is 1. The summed E-state index contributed by atoms with van der Waals surface area (Å²) in [6, 6.07) is 11.9. The molecule has 1 heterocycles. The van der Waals surface area contributed by atoms with Crippen molar-refractivity contribution in [3.05, 3.63) is 68.1 Å². The average molecular weight is 486 g/mol. The Labute approximate surface area is 182 Å². The molecule has 5 nitrogen and oxygen atoms in total. The molecule has 2 aromatic rings. The van der Waals surface area contributed by atoms with Crippen molar-refractivity contribution in [2.75, 3.05) is 19.7 Å². The molecule has 8 heteroatoms. The Bertz CT molecular complexity index is 876. The number of rotatable bonds is 4. The van der Waals surface area contributed by atoms with Crippen LogP contribution in [0.2, 0.25) is 10.0 Å². The third kappa shape index (κ3) is 4.87. The maximum Gasteiger partial charge on any atom is 0.253 e. The van der Waals surface area contributed by atoms with Gasteiger partial charge in [0.2, 0.25) is 5.91 Å². The van der Waals surface area contributed by atoms with Gasteiger partial charge in [-0.15, -0.1) is 0 Å². The minimum atomic E-state index is -0.703. The van der Waals surface area contributed by atoms with E-state index in [1.54, 1.807) is 30.0 Å². The van der Waals surface area contributed by atoms with E-state index in [1.807, 2.05) is 24.3 Å². The topological polar surface area (TPSA) is 58.6 Å². The van der Waals surface area contributed by atoms with Crippen LogP contribution in [0, 0.1) is 0 Å². The van der Waals surface area contributed by atoms with Crippen molar-refractivity contribution in [3.63, 3.8) is 0 Å². The minimum Gasteiger partial charge on any atom is -0.370 e. The van der Waals surface area contributed by atoms with Crippen LogP contribution in [0.1, 0.15) is 28.9 Å². The van der Waals surface area contributed by atoms with Gasteiger partial charge in [0.25, 0.3) is 5.91 Å². The lowest BCUT2D eigenvalue weighted by Gasteiger charge is -2.34. The normalized spacial score (nSPS) is 17.9. The van der Waals surface area contributed by atoms with Crippen LogP contribution in [0.15, 0.2) is 46.9 Å². The van der Waals surface area contributed by atoms with Gasteiger partial charge in [0, 0.05) is 11.0 Å². The molecule has 2 amide bonds. The highest BCUT2D eigenvalue weighted by Crippen LogP contribution is 2.26. The Morgan fingerprint density at radius 3 is 2.64 bits per heavy atom. The third-order valence-corrected chi connectivity index (χ3v) is 5.88. The molecule has 0 bridgehead atoms. The lowest BCUT2D eigenvalue weighted by atomic mass is 10.1. The second kappa shape index (κ2) is 9.27. The van der Waals surface area contributed by atoms with E-state index in [9.17, 15) is 9.59 Å². The van der Waals surface area contributed by atoms with Gasteiger partial charge in [-0.05, 0) is 36.8 Å². The summed E-state index contributed by atoms with van der Waals surface area (Å²) >= 11 is 15.5. The van der Waals surface area contributed by atoms with Gasteiger partial charge in [-0.3, -0.25) is 9.59 Å². The second-order valence-corrected chi connectivity index (χ2v) is 8.19.